The minimum absolute atomic E-state index is 0.725. The van der Waals surface area contributed by atoms with Gasteiger partial charge in [-0.3, -0.25) is 0 Å². The molecule has 0 aliphatic rings. The van der Waals surface area contributed by atoms with Gasteiger partial charge in [0.25, 0.3) is 0 Å². The first kappa shape index (κ1) is 14.5. The van der Waals surface area contributed by atoms with Gasteiger partial charge in [0.1, 0.15) is 0 Å². The van der Waals surface area contributed by atoms with Crippen LogP contribution in [0.3, 0.4) is 0 Å². The van der Waals surface area contributed by atoms with Crippen molar-refractivity contribution < 1.29 is 0 Å². The Bertz CT molecular complexity index is 288. The predicted molar refractivity (Wildman–Crippen MR) is 76.6 cm³/mol. The van der Waals surface area contributed by atoms with Crippen LogP contribution in [0.1, 0.15) is 37.3 Å². The van der Waals surface area contributed by atoms with Gasteiger partial charge in [0.2, 0.25) is 0 Å². The summed E-state index contributed by atoms with van der Waals surface area (Å²) in [5.41, 5.74) is 2.68. The van der Waals surface area contributed by atoms with Crippen molar-refractivity contribution in [3.05, 3.63) is 35.4 Å². The minimum atomic E-state index is 0.725. The van der Waals surface area contributed by atoms with Crippen LogP contribution < -0.4 is 5.32 Å². The summed E-state index contributed by atoms with van der Waals surface area (Å²) < 4.78 is 0. The summed E-state index contributed by atoms with van der Waals surface area (Å²) in [7, 11) is 0. The number of nitrogens with one attached hydrogen (secondary N) is 1. The zero-order valence-electron chi connectivity index (χ0n) is 11.0. The number of alkyl halides is 1. The van der Waals surface area contributed by atoms with Crippen molar-refractivity contribution in [1.29, 1.82) is 0 Å². The Hall–Kier alpha value is -0.530. The summed E-state index contributed by atoms with van der Waals surface area (Å²) in [5.74, 6) is 1.50. The second kappa shape index (κ2) is 8.54. The number of benzene rings is 1. The van der Waals surface area contributed by atoms with Crippen molar-refractivity contribution in [2.24, 2.45) is 5.92 Å². The van der Waals surface area contributed by atoms with Crippen LogP contribution in [0.15, 0.2) is 24.3 Å². The maximum atomic E-state index is 5.82. The van der Waals surface area contributed by atoms with Crippen LogP contribution in [0.4, 0.5) is 0 Å². The summed E-state index contributed by atoms with van der Waals surface area (Å²) in [6, 6.07) is 8.72. The van der Waals surface area contributed by atoms with Gasteiger partial charge < -0.3 is 5.32 Å². The molecule has 0 saturated carbocycles. The van der Waals surface area contributed by atoms with E-state index in [-0.39, 0.29) is 0 Å². The van der Waals surface area contributed by atoms with E-state index in [0.717, 1.165) is 31.3 Å². The fraction of sp³-hybridized carbons (Fsp3) is 0.600. The van der Waals surface area contributed by atoms with Crippen LogP contribution in [0.5, 0.6) is 0 Å². The van der Waals surface area contributed by atoms with Gasteiger partial charge in [0.05, 0.1) is 0 Å². The molecule has 2 heteroatoms. The molecule has 1 rings (SSSR count). The first-order valence-corrected chi connectivity index (χ1v) is 7.12. The van der Waals surface area contributed by atoms with Gasteiger partial charge in [-0.25, -0.2) is 0 Å². The van der Waals surface area contributed by atoms with E-state index in [9.17, 15) is 0 Å². The van der Waals surface area contributed by atoms with Crippen molar-refractivity contribution in [1.82, 2.24) is 5.32 Å². The number of aryl methyl sites for hydroxylation is 1. The van der Waals surface area contributed by atoms with Crippen LogP contribution in [0.25, 0.3) is 0 Å². The molecular weight excluding hydrogens is 230 g/mol. The lowest BCUT2D eigenvalue weighted by Crippen LogP contribution is -2.22. The van der Waals surface area contributed by atoms with Crippen LogP contribution >= 0.6 is 11.6 Å². The average Bonchev–Trinajstić information content (AvgIpc) is 2.32. The Kier molecular flexibility index (Phi) is 7.30. The van der Waals surface area contributed by atoms with Gasteiger partial charge in [0.15, 0.2) is 0 Å². The standard InChI is InChI=1S/C15H24ClN/c1-3-4-14(9-10-16)11-17-12-15-7-5-13(2)6-8-15/h5-8,14,17H,3-4,9-12H2,1-2H3. The topological polar surface area (TPSA) is 12.0 Å². The van der Waals surface area contributed by atoms with Gasteiger partial charge in [-0.05, 0) is 37.8 Å². The molecule has 0 aliphatic heterocycles. The Balaban J connectivity index is 2.27. The van der Waals surface area contributed by atoms with E-state index in [1.54, 1.807) is 0 Å². The van der Waals surface area contributed by atoms with E-state index in [4.69, 9.17) is 11.6 Å². The maximum absolute atomic E-state index is 5.82. The number of halogens is 1. The van der Waals surface area contributed by atoms with Crippen molar-refractivity contribution in [2.75, 3.05) is 12.4 Å². The van der Waals surface area contributed by atoms with Crippen molar-refractivity contribution in [3.8, 4) is 0 Å². The fourth-order valence-electron chi connectivity index (χ4n) is 2.04. The molecule has 1 aromatic rings. The molecule has 17 heavy (non-hydrogen) atoms. The Morgan fingerprint density at radius 2 is 1.88 bits per heavy atom. The van der Waals surface area contributed by atoms with Crippen LogP contribution in [0.2, 0.25) is 0 Å². The van der Waals surface area contributed by atoms with E-state index in [2.05, 4.69) is 43.4 Å². The monoisotopic (exact) mass is 253 g/mol. The third kappa shape index (κ3) is 6.09. The zero-order valence-corrected chi connectivity index (χ0v) is 11.8. The number of hydrogen-bond acceptors (Lipinski definition) is 1. The second-order valence-corrected chi connectivity index (χ2v) is 5.13. The highest BCUT2D eigenvalue weighted by Gasteiger charge is 2.06. The molecule has 0 aromatic heterocycles. The van der Waals surface area contributed by atoms with Crippen LogP contribution in [-0.2, 0) is 6.54 Å². The smallest absolute Gasteiger partial charge is 0.0226 e. The molecule has 1 N–H and O–H groups in total. The maximum Gasteiger partial charge on any atom is 0.0226 e. The molecule has 1 aromatic carbocycles. The van der Waals surface area contributed by atoms with E-state index in [0.29, 0.717) is 0 Å². The largest absolute Gasteiger partial charge is 0.312 e. The molecule has 1 unspecified atom stereocenters. The molecule has 0 fully saturated rings. The summed E-state index contributed by atoms with van der Waals surface area (Å²) in [6.07, 6.45) is 3.64. The first-order valence-electron chi connectivity index (χ1n) is 6.58. The number of rotatable bonds is 8. The molecule has 0 aliphatic carbocycles. The third-order valence-electron chi connectivity index (χ3n) is 3.10. The zero-order chi connectivity index (χ0) is 12.5. The lowest BCUT2D eigenvalue weighted by atomic mass is 10.0. The summed E-state index contributed by atoms with van der Waals surface area (Å²) in [4.78, 5) is 0. The highest BCUT2D eigenvalue weighted by atomic mass is 35.5. The van der Waals surface area contributed by atoms with Crippen LogP contribution in [0, 0.1) is 12.8 Å². The van der Waals surface area contributed by atoms with Gasteiger partial charge in [-0.15, -0.1) is 11.6 Å². The lowest BCUT2D eigenvalue weighted by molar-refractivity contribution is 0.430. The first-order chi connectivity index (χ1) is 8.26. The molecular formula is C15H24ClN. The minimum Gasteiger partial charge on any atom is -0.312 e. The Morgan fingerprint density at radius 3 is 2.47 bits per heavy atom. The van der Waals surface area contributed by atoms with Crippen LogP contribution in [-0.4, -0.2) is 12.4 Å². The van der Waals surface area contributed by atoms with E-state index < -0.39 is 0 Å². The Labute approximate surface area is 111 Å². The molecule has 1 atom stereocenters. The summed E-state index contributed by atoms with van der Waals surface area (Å²) in [6.45, 7) is 6.40. The number of hydrogen-bond donors (Lipinski definition) is 1. The molecule has 1 nitrogen and oxygen atoms in total. The molecule has 96 valence electrons. The van der Waals surface area contributed by atoms with Gasteiger partial charge in [-0.1, -0.05) is 43.2 Å². The molecule has 0 saturated heterocycles. The molecule has 0 radical (unpaired) electrons. The van der Waals surface area contributed by atoms with E-state index in [1.807, 2.05) is 0 Å². The predicted octanol–water partition coefficient (Wildman–Crippen LogP) is 4.13. The summed E-state index contributed by atoms with van der Waals surface area (Å²) >= 11 is 5.82. The molecule has 0 heterocycles. The lowest BCUT2D eigenvalue weighted by Gasteiger charge is -2.15. The van der Waals surface area contributed by atoms with Gasteiger partial charge in [0, 0.05) is 12.4 Å². The average molecular weight is 254 g/mol. The molecule has 0 spiro atoms. The molecule has 0 amide bonds. The highest BCUT2D eigenvalue weighted by Crippen LogP contribution is 2.11. The summed E-state index contributed by atoms with van der Waals surface area (Å²) in [5, 5.41) is 3.53. The van der Waals surface area contributed by atoms with Gasteiger partial charge >= 0.3 is 0 Å². The Morgan fingerprint density at radius 1 is 1.18 bits per heavy atom. The van der Waals surface area contributed by atoms with Crippen molar-refractivity contribution >= 4 is 11.6 Å². The molecule has 0 bridgehead atoms. The van der Waals surface area contributed by atoms with E-state index >= 15 is 0 Å². The SMILES string of the molecule is CCCC(CCCl)CNCc1ccc(C)cc1. The van der Waals surface area contributed by atoms with E-state index in [1.165, 1.54) is 24.0 Å². The van der Waals surface area contributed by atoms with Crippen molar-refractivity contribution in [2.45, 2.75) is 39.7 Å². The van der Waals surface area contributed by atoms with Gasteiger partial charge in [-0.2, -0.15) is 0 Å². The quantitative estimate of drug-likeness (QED) is 0.687. The normalized spacial score (nSPS) is 12.6. The third-order valence-corrected chi connectivity index (χ3v) is 3.32. The van der Waals surface area contributed by atoms with Crippen molar-refractivity contribution in [3.63, 3.8) is 0 Å². The second-order valence-electron chi connectivity index (χ2n) is 4.75. The highest BCUT2D eigenvalue weighted by molar-refractivity contribution is 6.17. The fourth-order valence-corrected chi connectivity index (χ4v) is 2.35.